The van der Waals surface area contributed by atoms with Gasteiger partial charge in [0.1, 0.15) is 0 Å². The molecule has 0 spiro atoms. The summed E-state index contributed by atoms with van der Waals surface area (Å²) in [5.74, 6) is 0. The van der Waals surface area contributed by atoms with E-state index in [-0.39, 0.29) is 0 Å². The first-order valence-electron chi connectivity index (χ1n) is 7.96. The molecule has 0 atom stereocenters. The van der Waals surface area contributed by atoms with Gasteiger partial charge in [-0.15, -0.1) is 0 Å². The highest BCUT2D eigenvalue weighted by Crippen LogP contribution is 2.26. The van der Waals surface area contributed by atoms with Crippen LogP contribution >= 0.6 is 11.6 Å². The van der Waals surface area contributed by atoms with Crippen molar-refractivity contribution in [3.8, 4) is 0 Å². The van der Waals surface area contributed by atoms with Crippen LogP contribution in [0.25, 0.3) is 0 Å². The van der Waals surface area contributed by atoms with Crippen LogP contribution in [0.2, 0.25) is 5.02 Å². The Bertz CT molecular complexity index is 844. The molecule has 0 N–H and O–H groups in total. The largest absolute Gasteiger partial charge is 0.369 e. The molecule has 0 aliphatic carbocycles. The van der Waals surface area contributed by atoms with Crippen LogP contribution in [-0.2, 0) is 10.0 Å². The van der Waals surface area contributed by atoms with Crippen molar-refractivity contribution in [3.05, 3.63) is 58.6 Å². The van der Waals surface area contributed by atoms with Gasteiger partial charge >= 0.3 is 0 Å². The minimum absolute atomic E-state index is 0.374. The smallest absolute Gasteiger partial charge is 0.243 e. The molecule has 1 heterocycles. The van der Waals surface area contributed by atoms with E-state index >= 15 is 0 Å². The second-order valence-corrected chi connectivity index (χ2v) is 8.51. The third kappa shape index (κ3) is 3.43. The van der Waals surface area contributed by atoms with E-state index in [0.717, 1.165) is 21.8 Å². The predicted octanol–water partition coefficient (Wildman–Crippen LogP) is 3.47. The molecule has 0 unspecified atom stereocenters. The van der Waals surface area contributed by atoms with Gasteiger partial charge in [-0.25, -0.2) is 8.42 Å². The number of sulfonamides is 1. The summed E-state index contributed by atoms with van der Waals surface area (Å²) in [4.78, 5) is 2.59. The Kier molecular flexibility index (Phi) is 4.85. The van der Waals surface area contributed by atoms with Crippen LogP contribution in [-0.4, -0.2) is 38.9 Å². The minimum atomic E-state index is -3.42. The maximum Gasteiger partial charge on any atom is 0.243 e. The number of aryl methyl sites for hydroxylation is 2. The van der Waals surface area contributed by atoms with E-state index in [1.807, 2.05) is 38.1 Å². The molecule has 6 heteroatoms. The average Bonchev–Trinajstić information content (AvgIpc) is 2.55. The molecule has 0 saturated carbocycles. The van der Waals surface area contributed by atoms with E-state index in [9.17, 15) is 8.42 Å². The van der Waals surface area contributed by atoms with Crippen molar-refractivity contribution in [2.75, 3.05) is 31.1 Å². The van der Waals surface area contributed by atoms with Gasteiger partial charge in [0.25, 0.3) is 0 Å². The van der Waals surface area contributed by atoms with E-state index in [1.165, 1.54) is 0 Å². The maximum atomic E-state index is 12.8. The lowest BCUT2D eigenvalue weighted by Crippen LogP contribution is -2.48. The highest BCUT2D eigenvalue weighted by Gasteiger charge is 2.28. The second kappa shape index (κ2) is 6.75. The van der Waals surface area contributed by atoms with Crippen LogP contribution in [0.15, 0.2) is 47.4 Å². The lowest BCUT2D eigenvalue weighted by atomic mass is 10.1. The quantitative estimate of drug-likeness (QED) is 0.837. The summed E-state index contributed by atoms with van der Waals surface area (Å²) in [5, 5.41) is 0.719. The van der Waals surface area contributed by atoms with Gasteiger partial charge in [-0.1, -0.05) is 23.7 Å². The molecule has 1 saturated heterocycles. The van der Waals surface area contributed by atoms with E-state index < -0.39 is 10.0 Å². The van der Waals surface area contributed by atoms with E-state index in [4.69, 9.17) is 11.6 Å². The number of hydrogen-bond donors (Lipinski definition) is 0. The number of anilines is 1. The molecule has 1 aliphatic rings. The van der Waals surface area contributed by atoms with Gasteiger partial charge in [0.15, 0.2) is 0 Å². The summed E-state index contributed by atoms with van der Waals surface area (Å²) in [5.41, 5.74) is 3.18. The number of rotatable bonds is 3. The summed E-state index contributed by atoms with van der Waals surface area (Å²) < 4.78 is 27.1. The first kappa shape index (κ1) is 17.3. The summed E-state index contributed by atoms with van der Waals surface area (Å²) in [6, 6.07) is 12.9. The minimum Gasteiger partial charge on any atom is -0.369 e. The van der Waals surface area contributed by atoms with Gasteiger partial charge in [-0.2, -0.15) is 4.31 Å². The van der Waals surface area contributed by atoms with Crippen molar-refractivity contribution in [1.82, 2.24) is 4.31 Å². The standard InChI is InChI=1S/C18H21ClN2O2S/c1-14-4-3-5-17(12-14)24(22,23)21-10-8-20(9-11-21)18-7-6-16(19)13-15(18)2/h3-7,12-13H,8-11H2,1-2H3. The highest BCUT2D eigenvalue weighted by molar-refractivity contribution is 7.89. The van der Waals surface area contributed by atoms with Gasteiger partial charge < -0.3 is 4.90 Å². The van der Waals surface area contributed by atoms with E-state index in [1.54, 1.807) is 22.5 Å². The number of halogens is 1. The van der Waals surface area contributed by atoms with Crippen LogP contribution < -0.4 is 4.90 Å². The molecule has 1 fully saturated rings. The number of piperazine rings is 1. The molecule has 4 nitrogen and oxygen atoms in total. The van der Waals surface area contributed by atoms with Gasteiger partial charge in [0.2, 0.25) is 10.0 Å². The van der Waals surface area contributed by atoms with Gasteiger partial charge in [-0.05, 0) is 55.3 Å². The third-order valence-electron chi connectivity index (χ3n) is 4.37. The molecule has 2 aromatic rings. The lowest BCUT2D eigenvalue weighted by molar-refractivity contribution is 0.384. The molecule has 0 amide bonds. The van der Waals surface area contributed by atoms with Crippen LogP contribution in [0, 0.1) is 13.8 Å². The Hall–Kier alpha value is -1.56. The number of benzene rings is 2. The fraction of sp³-hybridized carbons (Fsp3) is 0.333. The zero-order valence-electron chi connectivity index (χ0n) is 13.9. The second-order valence-electron chi connectivity index (χ2n) is 6.14. The molecule has 2 aromatic carbocycles. The van der Waals surface area contributed by atoms with Gasteiger partial charge in [0, 0.05) is 36.9 Å². The fourth-order valence-electron chi connectivity index (χ4n) is 3.07. The lowest BCUT2D eigenvalue weighted by Gasteiger charge is -2.36. The molecule has 3 rings (SSSR count). The monoisotopic (exact) mass is 364 g/mol. The van der Waals surface area contributed by atoms with Crippen molar-refractivity contribution in [1.29, 1.82) is 0 Å². The third-order valence-corrected chi connectivity index (χ3v) is 6.50. The fourth-order valence-corrected chi connectivity index (χ4v) is 4.82. The Morgan fingerprint density at radius 2 is 1.67 bits per heavy atom. The number of hydrogen-bond acceptors (Lipinski definition) is 3. The maximum absolute atomic E-state index is 12.8. The molecule has 128 valence electrons. The topological polar surface area (TPSA) is 40.6 Å². The summed E-state index contributed by atoms with van der Waals surface area (Å²) >= 11 is 6.01. The highest BCUT2D eigenvalue weighted by atomic mass is 35.5. The zero-order valence-corrected chi connectivity index (χ0v) is 15.4. The zero-order chi connectivity index (χ0) is 17.3. The first-order chi connectivity index (χ1) is 11.4. The Balaban J connectivity index is 1.75. The Labute approximate surface area is 148 Å². The first-order valence-corrected chi connectivity index (χ1v) is 9.77. The van der Waals surface area contributed by atoms with Crippen molar-refractivity contribution >= 4 is 27.3 Å². The molecular formula is C18H21ClN2O2S. The van der Waals surface area contributed by atoms with E-state index in [0.29, 0.717) is 31.1 Å². The average molecular weight is 365 g/mol. The van der Waals surface area contributed by atoms with Crippen molar-refractivity contribution in [2.24, 2.45) is 0 Å². The molecule has 1 aliphatic heterocycles. The predicted molar refractivity (Wildman–Crippen MR) is 98.3 cm³/mol. The summed E-state index contributed by atoms with van der Waals surface area (Å²) in [7, 11) is -3.42. The van der Waals surface area contributed by atoms with Crippen molar-refractivity contribution in [2.45, 2.75) is 18.7 Å². The van der Waals surface area contributed by atoms with Gasteiger partial charge in [-0.3, -0.25) is 0 Å². The Morgan fingerprint density at radius 3 is 2.29 bits per heavy atom. The molecule has 0 radical (unpaired) electrons. The van der Waals surface area contributed by atoms with Crippen LogP contribution in [0.3, 0.4) is 0 Å². The van der Waals surface area contributed by atoms with Gasteiger partial charge in [0.05, 0.1) is 4.90 Å². The molecule has 24 heavy (non-hydrogen) atoms. The van der Waals surface area contributed by atoms with Crippen LogP contribution in [0.5, 0.6) is 0 Å². The normalized spacial score (nSPS) is 16.4. The van der Waals surface area contributed by atoms with Crippen molar-refractivity contribution in [3.63, 3.8) is 0 Å². The summed E-state index contributed by atoms with van der Waals surface area (Å²) in [6.45, 7) is 6.25. The molecular weight excluding hydrogens is 344 g/mol. The van der Waals surface area contributed by atoms with Crippen LogP contribution in [0.4, 0.5) is 5.69 Å². The van der Waals surface area contributed by atoms with Crippen molar-refractivity contribution < 1.29 is 8.42 Å². The SMILES string of the molecule is Cc1cccc(S(=O)(=O)N2CCN(c3ccc(Cl)cc3C)CC2)c1. The summed E-state index contributed by atoms with van der Waals surface area (Å²) in [6.07, 6.45) is 0. The molecule has 0 bridgehead atoms. The number of nitrogens with zero attached hydrogens (tertiary/aromatic N) is 2. The Morgan fingerprint density at radius 1 is 0.958 bits per heavy atom. The van der Waals surface area contributed by atoms with Crippen LogP contribution in [0.1, 0.15) is 11.1 Å². The van der Waals surface area contributed by atoms with E-state index in [2.05, 4.69) is 4.90 Å². The molecule has 0 aromatic heterocycles.